The summed E-state index contributed by atoms with van der Waals surface area (Å²) in [5.74, 6) is 0.645. The number of carboxylic acids is 1. The molecule has 0 aliphatic heterocycles. The van der Waals surface area contributed by atoms with Gasteiger partial charge in [-0.25, -0.2) is 0 Å². The molecule has 1 aromatic carbocycles. The smallest absolute Gasteiger partial charge is 0.314 e. The Balaban J connectivity index is 1.90. The van der Waals surface area contributed by atoms with Crippen molar-refractivity contribution in [1.82, 2.24) is 0 Å². The van der Waals surface area contributed by atoms with Crippen LogP contribution in [0, 0.1) is 0 Å². The number of carbonyl (C=O) groups is 1. The molecule has 3 rings (SSSR count). The number of aliphatic carboxylic acids is 1. The van der Waals surface area contributed by atoms with Gasteiger partial charge in [-0.05, 0) is 49.8 Å². The van der Waals surface area contributed by atoms with Crippen LogP contribution in [-0.4, -0.2) is 24.3 Å². The van der Waals surface area contributed by atoms with Crippen LogP contribution in [0.2, 0.25) is 0 Å². The normalized spacial score (nSPS) is 20.8. The van der Waals surface area contributed by atoms with E-state index in [0.717, 1.165) is 37.0 Å². The van der Waals surface area contributed by atoms with Crippen molar-refractivity contribution in [3.63, 3.8) is 0 Å². The fraction of sp³-hybridized carbons (Fsp3) is 0.588. The van der Waals surface area contributed by atoms with Gasteiger partial charge >= 0.3 is 5.97 Å². The van der Waals surface area contributed by atoms with E-state index >= 15 is 0 Å². The molecule has 2 aliphatic rings. The lowest BCUT2D eigenvalue weighted by atomic mass is 9.79. The number of benzene rings is 1. The number of ether oxygens (including phenoxy) is 2. The molecule has 0 aromatic heterocycles. The van der Waals surface area contributed by atoms with Gasteiger partial charge in [0, 0.05) is 0 Å². The zero-order chi connectivity index (χ0) is 14.9. The molecule has 0 spiro atoms. The van der Waals surface area contributed by atoms with Crippen molar-refractivity contribution in [3.8, 4) is 11.5 Å². The van der Waals surface area contributed by atoms with Gasteiger partial charge in [0.1, 0.15) is 0 Å². The van der Waals surface area contributed by atoms with Crippen LogP contribution in [0.3, 0.4) is 0 Å². The Hall–Kier alpha value is -1.71. The molecular formula is C17H22O4. The summed E-state index contributed by atoms with van der Waals surface area (Å²) in [4.78, 5) is 11.8. The van der Waals surface area contributed by atoms with Crippen LogP contribution < -0.4 is 9.47 Å². The van der Waals surface area contributed by atoms with Crippen LogP contribution in [0.15, 0.2) is 18.2 Å². The first kappa shape index (κ1) is 14.2. The van der Waals surface area contributed by atoms with Crippen molar-refractivity contribution >= 4 is 5.97 Å². The van der Waals surface area contributed by atoms with E-state index in [2.05, 4.69) is 0 Å². The number of rotatable bonds is 5. The number of methoxy groups -OCH3 is 1. The molecule has 1 N–H and O–H groups in total. The maximum atomic E-state index is 11.8. The fourth-order valence-corrected chi connectivity index (χ4v) is 3.34. The minimum Gasteiger partial charge on any atom is -0.493 e. The summed E-state index contributed by atoms with van der Waals surface area (Å²) in [7, 11) is 1.61. The second kappa shape index (κ2) is 5.58. The van der Waals surface area contributed by atoms with E-state index < -0.39 is 11.4 Å². The monoisotopic (exact) mass is 290 g/mol. The van der Waals surface area contributed by atoms with Gasteiger partial charge in [0.25, 0.3) is 0 Å². The molecular weight excluding hydrogens is 268 g/mol. The summed E-state index contributed by atoms with van der Waals surface area (Å²) < 4.78 is 11.3. The van der Waals surface area contributed by atoms with E-state index in [4.69, 9.17) is 9.47 Å². The highest BCUT2D eigenvalue weighted by molar-refractivity contribution is 5.82. The predicted octanol–water partition coefficient (Wildman–Crippen LogP) is 3.52. The van der Waals surface area contributed by atoms with Crippen LogP contribution >= 0.6 is 0 Å². The molecule has 0 radical (unpaired) electrons. The first-order valence-corrected chi connectivity index (χ1v) is 7.74. The molecule has 0 unspecified atom stereocenters. The van der Waals surface area contributed by atoms with Crippen molar-refractivity contribution in [3.05, 3.63) is 23.8 Å². The molecule has 21 heavy (non-hydrogen) atoms. The highest BCUT2D eigenvalue weighted by Gasteiger charge is 2.43. The van der Waals surface area contributed by atoms with Crippen LogP contribution in [0.4, 0.5) is 0 Å². The lowest BCUT2D eigenvalue weighted by molar-refractivity contribution is -0.143. The van der Waals surface area contributed by atoms with Gasteiger partial charge < -0.3 is 14.6 Å². The molecule has 114 valence electrons. The maximum Gasteiger partial charge on any atom is 0.314 e. The Morgan fingerprint density at radius 3 is 2.43 bits per heavy atom. The molecule has 0 saturated heterocycles. The molecule has 4 nitrogen and oxygen atoms in total. The summed E-state index contributed by atoms with van der Waals surface area (Å²) in [5, 5.41) is 9.67. The third-order valence-corrected chi connectivity index (χ3v) is 4.93. The summed E-state index contributed by atoms with van der Waals surface area (Å²) >= 11 is 0. The minimum absolute atomic E-state index is 0.282. The molecule has 4 heteroatoms. The Morgan fingerprint density at radius 1 is 1.19 bits per heavy atom. The van der Waals surface area contributed by atoms with Crippen molar-refractivity contribution in [2.75, 3.05) is 7.11 Å². The summed E-state index contributed by atoms with van der Waals surface area (Å²) in [6, 6.07) is 5.62. The Bertz CT molecular complexity index is 528. The molecule has 0 amide bonds. The number of carboxylic acid groups (broad SMARTS) is 1. The second-order valence-electron chi connectivity index (χ2n) is 6.13. The number of hydrogen-bond donors (Lipinski definition) is 1. The van der Waals surface area contributed by atoms with Crippen molar-refractivity contribution in [2.45, 2.75) is 56.5 Å². The van der Waals surface area contributed by atoms with Crippen molar-refractivity contribution in [2.24, 2.45) is 0 Å². The van der Waals surface area contributed by atoms with Crippen LogP contribution in [0.5, 0.6) is 11.5 Å². The first-order valence-electron chi connectivity index (χ1n) is 7.74. The number of hydrogen-bond acceptors (Lipinski definition) is 3. The largest absolute Gasteiger partial charge is 0.493 e. The fourth-order valence-electron chi connectivity index (χ4n) is 3.34. The maximum absolute atomic E-state index is 11.8. The van der Waals surface area contributed by atoms with E-state index in [0.29, 0.717) is 18.6 Å². The first-order chi connectivity index (χ1) is 10.2. The standard InChI is InChI=1S/C17H22O4/c1-20-15-11-12(17(16(18)19)9-2-3-10-17)7-8-14(15)21-13-5-4-6-13/h7-8,11,13H,2-6,9-10H2,1H3,(H,18,19). The topological polar surface area (TPSA) is 55.8 Å². The van der Waals surface area contributed by atoms with E-state index in [1.807, 2.05) is 18.2 Å². The van der Waals surface area contributed by atoms with Gasteiger partial charge in [0.2, 0.25) is 0 Å². The van der Waals surface area contributed by atoms with Gasteiger partial charge in [-0.1, -0.05) is 18.9 Å². The Kier molecular flexibility index (Phi) is 3.79. The van der Waals surface area contributed by atoms with Crippen molar-refractivity contribution in [1.29, 1.82) is 0 Å². The molecule has 2 fully saturated rings. The third kappa shape index (κ3) is 2.47. The van der Waals surface area contributed by atoms with E-state index in [1.165, 1.54) is 6.42 Å². The lowest BCUT2D eigenvalue weighted by Gasteiger charge is -2.29. The van der Waals surface area contributed by atoms with E-state index in [1.54, 1.807) is 7.11 Å². The van der Waals surface area contributed by atoms with E-state index in [-0.39, 0.29) is 6.10 Å². The SMILES string of the molecule is COc1cc(C2(C(=O)O)CCCC2)ccc1OC1CCC1. The lowest BCUT2D eigenvalue weighted by Crippen LogP contribution is -2.32. The summed E-state index contributed by atoms with van der Waals surface area (Å²) in [6.45, 7) is 0. The summed E-state index contributed by atoms with van der Waals surface area (Å²) in [5.41, 5.74) is 0.0905. The van der Waals surface area contributed by atoms with Crippen LogP contribution in [0.1, 0.15) is 50.5 Å². The van der Waals surface area contributed by atoms with Gasteiger partial charge in [-0.3, -0.25) is 4.79 Å². The minimum atomic E-state index is -0.748. The van der Waals surface area contributed by atoms with Crippen LogP contribution in [0.25, 0.3) is 0 Å². The highest BCUT2D eigenvalue weighted by Crippen LogP contribution is 2.44. The van der Waals surface area contributed by atoms with Gasteiger partial charge in [0.15, 0.2) is 11.5 Å². The average Bonchev–Trinajstić information content (AvgIpc) is 2.93. The molecule has 2 aliphatic carbocycles. The molecule has 0 heterocycles. The predicted molar refractivity (Wildman–Crippen MR) is 79.0 cm³/mol. The van der Waals surface area contributed by atoms with E-state index in [9.17, 15) is 9.90 Å². The molecule has 1 aromatic rings. The van der Waals surface area contributed by atoms with Gasteiger partial charge in [-0.2, -0.15) is 0 Å². The average molecular weight is 290 g/mol. The zero-order valence-electron chi connectivity index (χ0n) is 12.4. The zero-order valence-corrected chi connectivity index (χ0v) is 12.4. The molecule has 2 saturated carbocycles. The highest BCUT2D eigenvalue weighted by atomic mass is 16.5. The Morgan fingerprint density at radius 2 is 1.90 bits per heavy atom. The second-order valence-corrected chi connectivity index (χ2v) is 6.13. The quantitative estimate of drug-likeness (QED) is 0.901. The third-order valence-electron chi connectivity index (χ3n) is 4.93. The van der Waals surface area contributed by atoms with Gasteiger partial charge in [0.05, 0.1) is 18.6 Å². The van der Waals surface area contributed by atoms with Gasteiger partial charge in [-0.15, -0.1) is 0 Å². The van der Waals surface area contributed by atoms with Crippen LogP contribution in [-0.2, 0) is 10.2 Å². The summed E-state index contributed by atoms with van der Waals surface area (Å²) in [6.07, 6.45) is 7.01. The molecule has 0 atom stereocenters. The Labute approximate surface area is 125 Å². The van der Waals surface area contributed by atoms with Crippen molar-refractivity contribution < 1.29 is 19.4 Å². The molecule has 0 bridgehead atoms.